The van der Waals surface area contributed by atoms with Crippen molar-refractivity contribution in [3.63, 3.8) is 0 Å². The Morgan fingerprint density at radius 3 is 2.41 bits per heavy atom. The fourth-order valence-electron chi connectivity index (χ4n) is 1.88. The van der Waals surface area contributed by atoms with Crippen LogP contribution in [0.3, 0.4) is 0 Å². The van der Waals surface area contributed by atoms with Crippen LogP contribution in [0.1, 0.15) is 17.5 Å². The Morgan fingerprint density at radius 2 is 1.77 bits per heavy atom. The predicted octanol–water partition coefficient (Wildman–Crippen LogP) is 4.70. The lowest BCUT2D eigenvalue weighted by Crippen LogP contribution is -2.14. The SMILES string of the molecule is Cc1ccc(SCCC(=O)Nc2c(F)cccc2F)cc1C. The molecule has 2 aromatic carbocycles. The number of anilines is 1. The number of benzene rings is 2. The van der Waals surface area contributed by atoms with Gasteiger partial charge in [0.25, 0.3) is 0 Å². The standard InChI is InChI=1S/C17H17F2NOS/c1-11-6-7-13(10-12(11)2)22-9-8-16(21)20-17-14(18)4-3-5-15(17)19/h3-7,10H,8-9H2,1-2H3,(H,20,21). The molecule has 0 saturated heterocycles. The summed E-state index contributed by atoms with van der Waals surface area (Å²) in [6, 6.07) is 9.59. The predicted molar refractivity (Wildman–Crippen MR) is 86.2 cm³/mol. The molecule has 0 radical (unpaired) electrons. The topological polar surface area (TPSA) is 29.1 Å². The van der Waals surface area contributed by atoms with Gasteiger partial charge >= 0.3 is 0 Å². The van der Waals surface area contributed by atoms with Gasteiger partial charge in [-0.15, -0.1) is 11.8 Å². The van der Waals surface area contributed by atoms with Crippen molar-refractivity contribution in [3.8, 4) is 0 Å². The smallest absolute Gasteiger partial charge is 0.225 e. The van der Waals surface area contributed by atoms with E-state index in [2.05, 4.69) is 11.4 Å². The minimum atomic E-state index is -0.768. The van der Waals surface area contributed by atoms with E-state index in [4.69, 9.17) is 0 Å². The summed E-state index contributed by atoms with van der Waals surface area (Å²) in [7, 11) is 0. The van der Waals surface area contributed by atoms with Crippen molar-refractivity contribution in [1.29, 1.82) is 0 Å². The van der Waals surface area contributed by atoms with Gasteiger partial charge in [0, 0.05) is 17.1 Å². The summed E-state index contributed by atoms with van der Waals surface area (Å²) < 4.78 is 26.8. The van der Waals surface area contributed by atoms with E-state index in [-0.39, 0.29) is 12.1 Å². The minimum absolute atomic E-state index is 0.186. The van der Waals surface area contributed by atoms with Crippen LogP contribution in [0.2, 0.25) is 0 Å². The molecule has 5 heteroatoms. The molecule has 1 N–H and O–H groups in total. The van der Waals surface area contributed by atoms with E-state index in [1.807, 2.05) is 26.0 Å². The van der Waals surface area contributed by atoms with Gasteiger partial charge in [0.15, 0.2) is 0 Å². The van der Waals surface area contributed by atoms with Crippen molar-refractivity contribution in [2.24, 2.45) is 0 Å². The minimum Gasteiger partial charge on any atom is -0.321 e. The van der Waals surface area contributed by atoms with E-state index in [0.29, 0.717) is 5.75 Å². The van der Waals surface area contributed by atoms with E-state index in [1.165, 1.54) is 17.2 Å². The molecule has 0 aromatic heterocycles. The molecule has 2 aromatic rings. The van der Waals surface area contributed by atoms with Crippen LogP contribution in [0.4, 0.5) is 14.5 Å². The van der Waals surface area contributed by atoms with Crippen LogP contribution in [-0.2, 0) is 4.79 Å². The summed E-state index contributed by atoms with van der Waals surface area (Å²) in [5.74, 6) is -1.39. The Labute approximate surface area is 132 Å². The number of rotatable bonds is 5. The first-order valence-electron chi connectivity index (χ1n) is 6.91. The molecule has 2 nitrogen and oxygen atoms in total. The zero-order valence-corrected chi connectivity index (χ0v) is 13.3. The van der Waals surface area contributed by atoms with Crippen LogP contribution in [0.5, 0.6) is 0 Å². The van der Waals surface area contributed by atoms with Crippen LogP contribution in [-0.4, -0.2) is 11.7 Å². The average molecular weight is 321 g/mol. The van der Waals surface area contributed by atoms with E-state index < -0.39 is 17.5 Å². The Morgan fingerprint density at radius 1 is 1.09 bits per heavy atom. The van der Waals surface area contributed by atoms with Gasteiger partial charge in [-0.2, -0.15) is 0 Å². The van der Waals surface area contributed by atoms with Gasteiger partial charge in [0.2, 0.25) is 5.91 Å². The zero-order valence-electron chi connectivity index (χ0n) is 12.5. The first kappa shape index (κ1) is 16.5. The van der Waals surface area contributed by atoms with Crippen molar-refractivity contribution in [1.82, 2.24) is 0 Å². The lowest BCUT2D eigenvalue weighted by atomic mass is 10.1. The highest BCUT2D eigenvalue weighted by Gasteiger charge is 2.11. The second kappa shape index (κ2) is 7.40. The molecule has 22 heavy (non-hydrogen) atoms. The second-order valence-electron chi connectivity index (χ2n) is 4.99. The number of hydrogen-bond donors (Lipinski definition) is 1. The molecule has 0 aliphatic rings. The van der Waals surface area contributed by atoms with Crippen molar-refractivity contribution < 1.29 is 13.6 Å². The Bertz CT molecular complexity index is 668. The maximum Gasteiger partial charge on any atom is 0.225 e. The number of aryl methyl sites for hydroxylation is 2. The normalized spacial score (nSPS) is 10.5. The van der Waals surface area contributed by atoms with E-state index >= 15 is 0 Å². The fourth-order valence-corrected chi connectivity index (χ4v) is 2.83. The number of nitrogens with one attached hydrogen (secondary N) is 1. The van der Waals surface area contributed by atoms with Gasteiger partial charge in [-0.3, -0.25) is 4.79 Å². The Balaban J connectivity index is 1.86. The molecular weight excluding hydrogens is 304 g/mol. The average Bonchev–Trinajstić information content (AvgIpc) is 2.47. The van der Waals surface area contributed by atoms with Crippen LogP contribution in [0.15, 0.2) is 41.3 Å². The third-order valence-electron chi connectivity index (χ3n) is 3.30. The van der Waals surface area contributed by atoms with Gasteiger partial charge in [-0.05, 0) is 49.2 Å². The van der Waals surface area contributed by atoms with E-state index in [1.54, 1.807) is 11.8 Å². The number of carbonyl (C=O) groups is 1. The highest BCUT2D eigenvalue weighted by atomic mass is 32.2. The molecule has 0 atom stereocenters. The summed E-state index contributed by atoms with van der Waals surface area (Å²) in [6.07, 6.45) is 0.186. The molecule has 0 spiro atoms. The summed E-state index contributed by atoms with van der Waals surface area (Å²) in [5.41, 5.74) is 2.03. The molecule has 0 bridgehead atoms. The van der Waals surface area contributed by atoms with Crippen LogP contribution in [0.25, 0.3) is 0 Å². The van der Waals surface area contributed by atoms with Crippen LogP contribution < -0.4 is 5.32 Å². The lowest BCUT2D eigenvalue weighted by molar-refractivity contribution is -0.115. The highest BCUT2D eigenvalue weighted by Crippen LogP contribution is 2.22. The van der Waals surface area contributed by atoms with Gasteiger partial charge < -0.3 is 5.32 Å². The summed E-state index contributed by atoms with van der Waals surface area (Å²) in [5, 5.41) is 2.28. The molecular formula is C17H17F2NOS. The van der Waals surface area contributed by atoms with Gasteiger partial charge in [-0.1, -0.05) is 12.1 Å². The van der Waals surface area contributed by atoms with Crippen molar-refractivity contribution in [2.75, 3.05) is 11.1 Å². The van der Waals surface area contributed by atoms with Gasteiger partial charge in [-0.25, -0.2) is 8.78 Å². The first-order valence-corrected chi connectivity index (χ1v) is 7.90. The quantitative estimate of drug-likeness (QED) is 0.809. The molecule has 0 fully saturated rings. The fraction of sp³-hybridized carbons (Fsp3) is 0.235. The number of para-hydroxylation sites is 1. The zero-order chi connectivity index (χ0) is 16.1. The number of hydrogen-bond acceptors (Lipinski definition) is 2. The number of halogens is 2. The largest absolute Gasteiger partial charge is 0.321 e. The van der Waals surface area contributed by atoms with Crippen molar-refractivity contribution in [3.05, 3.63) is 59.2 Å². The Hall–Kier alpha value is -1.88. The Kier molecular flexibility index (Phi) is 5.55. The first-order chi connectivity index (χ1) is 10.5. The summed E-state index contributed by atoms with van der Waals surface area (Å²) in [6.45, 7) is 4.08. The number of carbonyl (C=O) groups excluding carboxylic acids is 1. The molecule has 0 aliphatic carbocycles. The maximum absolute atomic E-state index is 13.4. The van der Waals surface area contributed by atoms with Gasteiger partial charge in [0.1, 0.15) is 17.3 Å². The molecule has 1 amide bonds. The molecule has 116 valence electrons. The maximum atomic E-state index is 13.4. The molecule has 0 aliphatic heterocycles. The second-order valence-corrected chi connectivity index (χ2v) is 6.16. The van der Waals surface area contributed by atoms with Crippen molar-refractivity contribution >= 4 is 23.4 Å². The van der Waals surface area contributed by atoms with Crippen LogP contribution >= 0.6 is 11.8 Å². The third kappa shape index (κ3) is 4.31. The highest BCUT2D eigenvalue weighted by molar-refractivity contribution is 7.99. The lowest BCUT2D eigenvalue weighted by Gasteiger charge is -2.08. The summed E-state index contributed by atoms with van der Waals surface area (Å²) in [4.78, 5) is 12.8. The molecule has 0 unspecified atom stereocenters. The number of thioether (sulfide) groups is 1. The van der Waals surface area contributed by atoms with Gasteiger partial charge in [0.05, 0.1) is 0 Å². The molecule has 0 heterocycles. The monoisotopic (exact) mass is 321 g/mol. The summed E-state index contributed by atoms with van der Waals surface area (Å²) >= 11 is 1.54. The molecule has 2 rings (SSSR count). The number of amides is 1. The third-order valence-corrected chi connectivity index (χ3v) is 4.30. The van der Waals surface area contributed by atoms with Crippen LogP contribution in [0, 0.1) is 25.5 Å². The van der Waals surface area contributed by atoms with E-state index in [9.17, 15) is 13.6 Å². The van der Waals surface area contributed by atoms with Crippen molar-refractivity contribution in [2.45, 2.75) is 25.2 Å². The van der Waals surface area contributed by atoms with E-state index in [0.717, 1.165) is 17.0 Å². The molecule has 0 saturated carbocycles.